The molecule has 0 saturated heterocycles. The molecule has 0 saturated carbocycles. The molecule has 0 radical (unpaired) electrons. The van der Waals surface area contributed by atoms with Gasteiger partial charge >= 0.3 is 0 Å². The van der Waals surface area contributed by atoms with Gasteiger partial charge in [0.15, 0.2) is 0 Å². The Morgan fingerprint density at radius 1 is 1.23 bits per heavy atom. The minimum atomic E-state index is 0.258. The van der Waals surface area contributed by atoms with Crippen LogP contribution in [0.25, 0.3) is 0 Å². The van der Waals surface area contributed by atoms with Crippen LogP contribution in [0.3, 0.4) is 0 Å². The topological polar surface area (TPSA) is 0 Å². The van der Waals surface area contributed by atoms with E-state index in [9.17, 15) is 0 Å². The Kier molecular flexibility index (Phi) is 5.77. The third-order valence-electron chi connectivity index (χ3n) is 2.26. The second-order valence-electron chi connectivity index (χ2n) is 4.61. The smallest absolute Gasteiger partial charge is 0.0135 e. The number of hydrogen-bond acceptors (Lipinski definition) is 0. The van der Waals surface area contributed by atoms with Crippen LogP contribution >= 0.6 is 0 Å². The fraction of sp³-hybridized carbons (Fsp3) is 0.692. The van der Waals surface area contributed by atoms with E-state index in [4.69, 9.17) is 0 Å². The minimum Gasteiger partial charge on any atom is -0.0988 e. The summed E-state index contributed by atoms with van der Waals surface area (Å²) in [7, 11) is 0. The molecule has 0 aliphatic carbocycles. The van der Waals surface area contributed by atoms with Crippen LogP contribution in [0.1, 0.15) is 53.4 Å². The molecule has 0 aromatic rings. The van der Waals surface area contributed by atoms with Crippen LogP contribution in [0.4, 0.5) is 0 Å². The summed E-state index contributed by atoms with van der Waals surface area (Å²) in [6, 6.07) is 0. The van der Waals surface area contributed by atoms with Gasteiger partial charge in [0.1, 0.15) is 0 Å². The van der Waals surface area contributed by atoms with Crippen LogP contribution in [-0.2, 0) is 0 Å². The van der Waals surface area contributed by atoms with Crippen molar-refractivity contribution in [3.8, 4) is 0 Å². The first-order valence-corrected chi connectivity index (χ1v) is 5.35. The van der Waals surface area contributed by atoms with Crippen LogP contribution in [-0.4, -0.2) is 0 Å². The van der Waals surface area contributed by atoms with E-state index < -0.39 is 0 Å². The first kappa shape index (κ1) is 12.5. The number of hydrogen-bond donors (Lipinski definition) is 0. The fourth-order valence-corrected chi connectivity index (χ4v) is 1.35. The maximum Gasteiger partial charge on any atom is -0.0135 e. The van der Waals surface area contributed by atoms with E-state index >= 15 is 0 Å². The van der Waals surface area contributed by atoms with Crippen molar-refractivity contribution in [1.29, 1.82) is 0 Å². The molecule has 0 nitrogen and oxygen atoms in total. The molecule has 0 bridgehead atoms. The maximum absolute atomic E-state index is 3.86. The Morgan fingerprint density at radius 2 is 1.85 bits per heavy atom. The molecule has 0 aromatic heterocycles. The Bertz CT molecular complexity index is 167. The van der Waals surface area contributed by atoms with Crippen molar-refractivity contribution in [1.82, 2.24) is 0 Å². The molecule has 0 aliphatic rings. The molecule has 76 valence electrons. The average Bonchev–Trinajstić information content (AvgIpc) is 2.02. The third-order valence-corrected chi connectivity index (χ3v) is 2.26. The molecule has 0 N–H and O–H groups in total. The molecule has 0 atom stereocenters. The Hall–Kier alpha value is -0.520. The van der Waals surface area contributed by atoms with Crippen molar-refractivity contribution < 1.29 is 0 Å². The minimum absolute atomic E-state index is 0.258. The molecule has 0 fully saturated rings. The molecule has 0 aromatic carbocycles. The van der Waals surface area contributed by atoms with Crippen molar-refractivity contribution in [2.75, 3.05) is 0 Å². The second-order valence-corrected chi connectivity index (χ2v) is 4.61. The summed E-state index contributed by atoms with van der Waals surface area (Å²) in [4.78, 5) is 0. The highest BCUT2D eigenvalue weighted by atomic mass is 14.2. The van der Waals surface area contributed by atoms with Gasteiger partial charge in [-0.2, -0.15) is 0 Å². The quantitative estimate of drug-likeness (QED) is 0.424. The van der Waals surface area contributed by atoms with Gasteiger partial charge in [0.25, 0.3) is 0 Å². The Balaban J connectivity index is 4.01. The van der Waals surface area contributed by atoms with Gasteiger partial charge in [-0.05, 0) is 23.8 Å². The van der Waals surface area contributed by atoms with E-state index in [1.165, 1.54) is 31.3 Å². The monoisotopic (exact) mass is 180 g/mol. The number of unbranched alkanes of at least 4 members (excludes halogenated alkanes) is 3. The zero-order chi connectivity index (χ0) is 10.3. The van der Waals surface area contributed by atoms with Gasteiger partial charge < -0.3 is 0 Å². The predicted molar refractivity (Wildman–Crippen MR) is 61.9 cm³/mol. The molecule has 13 heavy (non-hydrogen) atoms. The lowest BCUT2D eigenvalue weighted by Gasteiger charge is -2.20. The summed E-state index contributed by atoms with van der Waals surface area (Å²) in [6.45, 7) is 12.8. The molecule has 0 heteroatoms. The van der Waals surface area contributed by atoms with Gasteiger partial charge in [0.05, 0.1) is 0 Å². The Labute approximate surface area is 83.7 Å². The highest BCUT2D eigenvalue weighted by Gasteiger charge is 2.12. The van der Waals surface area contributed by atoms with Crippen LogP contribution in [0.2, 0.25) is 0 Å². The van der Waals surface area contributed by atoms with E-state index in [0.29, 0.717) is 0 Å². The van der Waals surface area contributed by atoms with Crippen molar-refractivity contribution in [3.05, 3.63) is 24.3 Å². The summed E-state index contributed by atoms with van der Waals surface area (Å²) < 4.78 is 0. The largest absolute Gasteiger partial charge is 0.0988 e. The van der Waals surface area contributed by atoms with Crippen LogP contribution in [0, 0.1) is 5.41 Å². The van der Waals surface area contributed by atoms with E-state index in [2.05, 4.69) is 40.3 Å². The van der Waals surface area contributed by atoms with E-state index in [1.807, 2.05) is 6.08 Å². The fourth-order valence-electron chi connectivity index (χ4n) is 1.35. The van der Waals surface area contributed by atoms with Crippen LogP contribution in [0.5, 0.6) is 0 Å². The molecule has 0 amide bonds. The number of allylic oxidation sites excluding steroid dienone is 3. The molecule has 0 heterocycles. The van der Waals surface area contributed by atoms with Crippen molar-refractivity contribution in [2.45, 2.75) is 53.4 Å². The summed E-state index contributed by atoms with van der Waals surface area (Å²) in [5.41, 5.74) is 1.64. The predicted octanol–water partition coefficient (Wildman–Crippen LogP) is 4.73. The van der Waals surface area contributed by atoms with Gasteiger partial charge in [-0.25, -0.2) is 0 Å². The molecule has 0 aliphatic heterocycles. The lowest BCUT2D eigenvalue weighted by atomic mass is 9.85. The zero-order valence-electron chi connectivity index (χ0n) is 9.69. The van der Waals surface area contributed by atoms with Gasteiger partial charge in [-0.3, -0.25) is 0 Å². The van der Waals surface area contributed by atoms with Gasteiger partial charge in [0.2, 0.25) is 0 Å². The Morgan fingerprint density at radius 3 is 2.23 bits per heavy atom. The third kappa shape index (κ3) is 5.68. The van der Waals surface area contributed by atoms with E-state index in [-0.39, 0.29) is 5.41 Å². The van der Waals surface area contributed by atoms with Crippen LogP contribution < -0.4 is 0 Å². The highest BCUT2D eigenvalue weighted by Crippen LogP contribution is 2.26. The van der Waals surface area contributed by atoms with Gasteiger partial charge in [0, 0.05) is 0 Å². The molecular weight excluding hydrogens is 156 g/mol. The number of rotatable bonds is 5. The molecular formula is C13H24. The van der Waals surface area contributed by atoms with Crippen LogP contribution in [0.15, 0.2) is 24.3 Å². The van der Waals surface area contributed by atoms with E-state index in [0.717, 1.165) is 0 Å². The van der Waals surface area contributed by atoms with Crippen molar-refractivity contribution in [2.24, 2.45) is 5.41 Å². The second kappa shape index (κ2) is 6.01. The lowest BCUT2D eigenvalue weighted by Crippen LogP contribution is -2.07. The normalized spacial score (nSPS) is 13.1. The zero-order valence-corrected chi connectivity index (χ0v) is 9.69. The van der Waals surface area contributed by atoms with Gasteiger partial charge in [-0.1, -0.05) is 59.3 Å². The van der Waals surface area contributed by atoms with E-state index in [1.54, 1.807) is 0 Å². The average molecular weight is 180 g/mol. The maximum atomic E-state index is 3.86. The lowest BCUT2D eigenvalue weighted by molar-refractivity contribution is 0.514. The summed E-state index contributed by atoms with van der Waals surface area (Å²) in [6.07, 6.45) is 9.48. The van der Waals surface area contributed by atoms with Gasteiger partial charge in [-0.15, -0.1) is 0 Å². The molecule has 0 spiro atoms. The first-order valence-electron chi connectivity index (χ1n) is 5.35. The van der Waals surface area contributed by atoms with Crippen molar-refractivity contribution >= 4 is 0 Å². The molecule has 0 unspecified atom stereocenters. The summed E-state index contributed by atoms with van der Waals surface area (Å²) in [5.74, 6) is 0. The summed E-state index contributed by atoms with van der Waals surface area (Å²) >= 11 is 0. The first-order chi connectivity index (χ1) is 6.02. The van der Waals surface area contributed by atoms with Crippen molar-refractivity contribution in [3.63, 3.8) is 0 Å². The highest BCUT2D eigenvalue weighted by molar-refractivity contribution is 5.22. The SMILES string of the molecule is C=C/C(=C\CCCCC)C(C)(C)C. The standard InChI is InChI=1S/C13H24/c1-6-8-9-10-11-12(7-2)13(3,4)5/h7,11H,2,6,8-10H2,1,3-5H3/b12-11+. The summed E-state index contributed by atoms with van der Waals surface area (Å²) in [5, 5.41) is 0. The molecule has 0 rings (SSSR count).